The second kappa shape index (κ2) is 10.5. The molecule has 0 saturated carbocycles. The zero-order valence-corrected chi connectivity index (χ0v) is 22.8. The van der Waals surface area contributed by atoms with E-state index in [1.54, 1.807) is 10.7 Å². The first-order valence-corrected chi connectivity index (χ1v) is 12.5. The highest BCUT2D eigenvalue weighted by Gasteiger charge is 2.15. The second-order valence-electron chi connectivity index (χ2n) is 8.03. The molecule has 0 unspecified atom stereocenters. The molecular weight excluding hydrogens is 555 g/mol. The number of aryl methyl sites for hydroxylation is 2. The van der Waals surface area contributed by atoms with Crippen LogP contribution in [0, 0.1) is 20.8 Å². The molecule has 176 valence electrons. The van der Waals surface area contributed by atoms with Gasteiger partial charge in [0.15, 0.2) is 10.9 Å². The highest BCUT2D eigenvalue weighted by atomic mass is 79.9. The van der Waals surface area contributed by atoms with Crippen LogP contribution in [0.1, 0.15) is 28.1 Å². The van der Waals surface area contributed by atoms with E-state index in [2.05, 4.69) is 68.0 Å². The summed E-state index contributed by atoms with van der Waals surface area (Å²) < 4.78 is 4.54. The molecule has 2 heterocycles. The van der Waals surface area contributed by atoms with Gasteiger partial charge in [0.05, 0.1) is 34.6 Å². The molecule has 0 amide bonds. The van der Waals surface area contributed by atoms with Crippen LogP contribution in [0.2, 0.25) is 10.0 Å². The van der Waals surface area contributed by atoms with E-state index in [1.807, 2.05) is 36.9 Å². The molecule has 0 aliphatic carbocycles. The zero-order valence-electron chi connectivity index (χ0n) is 18.9. The van der Waals surface area contributed by atoms with Crippen molar-refractivity contribution in [2.45, 2.75) is 33.9 Å². The van der Waals surface area contributed by atoms with Crippen LogP contribution in [0.25, 0.3) is 0 Å². The smallest absolute Gasteiger partial charge is 0.176 e. The van der Waals surface area contributed by atoms with Crippen molar-refractivity contribution in [1.82, 2.24) is 19.6 Å². The van der Waals surface area contributed by atoms with E-state index in [9.17, 15) is 0 Å². The van der Waals surface area contributed by atoms with Gasteiger partial charge in [-0.15, -0.1) is 0 Å². The van der Waals surface area contributed by atoms with Crippen molar-refractivity contribution in [3.63, 3.8) is 0 Å². The van der Waals surface area contributed by atoms with Gasteiger partial charge in [-0.25, -0.2) is 0 Å². The van der Waals surface area contributed by atoms with Crippen LogP contribution in [-0.2, 0) is 13.1 Å². The molecule has 0 saturated heterocycles. The monoisotopic (exact) mass is 576 g/mol. The fourth-order valence-electron chi connectivity index (χ4n) is 3.54. The Morgan fingerprint density at radius 3 is 2.44 bits per heavy atom. The Kier molecular flexibility index (Phi) is 7.62. The average Bonchev–Trinajstić information content (AvgIpc) is 3.25. The third-order valence-corrected chi connectivity index (χ3v) is 6.74. The quantitative estimate of drug-likeness (QED) is 0.242. The second-order valence-corrected chi connectivity index (χ2v) is 10.1. The fraction of sp³-hybridized carbons (Fsp3) is 0.208. The Morgan fingerprint density at radius 1 is 1.00 bits per heavy atom. The predicted molar refractivity (Wildman–Crippen MR) is 147 cm³/mol. The molecule has 0 aliphatic heterocycles. The number of anilines is 2. The van der Waals surface area contributed by atoms with E-state index in [0.29, 0.717) is 34.1 Å². The predicted octanol–water partition coefficient (Wildman–Crippen LogP) is 6.98. The molecule has 0 bridgehead atoms. The number of nitrogens with zero attached hydrogens (tertiary/aromatic N) is 4. The fourth-order valence-corrected chi connectivity index (χ4v) is 4.62. The van der Waals surface area contributed by atoms with Crippen molar-refractivity contribution in [1.29, 1.82) is 0 Å². The Bertz CT molecular complexity index is 1350. The summed E-state index contributed by atoms with van der Waals surface area (Å²) in [5.74, 6) is 0.602. The Balaban J connectivity index is 1.44. The van der Waals surface area contributed by atoms with Gasteiger partial charge in [-0.05, 0) is 72.2 Å². The number of rotatable bonds is 6. The van der Waals surface area contributed by atoms with Gasteiger partial charge in [-0.2, -0.15) is 10.2 Å². The maximum atomic E-state index is 6.30. The average molecular weight is 578 g/mol. The maximum Gasteiger partial charge on any atom is 0.176 e. The number of thiocarbonyl (C=S) groups is 1. The van der Waals surface area contributed by atoms with E-state index in [4.69, 9.17) is 35.4 Å². The zero-order chi connectivity index (χ0) is 24.4. The van der Waals surface area contributed by atoms with E-state index >= 15 is 0 Å². The van der Waals surface area contributed by atoms with Crippen LogP contribution in [0.15, 0.2) is 53.1 Å². The number of halogens is 3. The summed E-state index contributed by atoms with van der Waals surface area (Å²) in [5.41, 5.74) is 6.10. The number of hydrogen-bond acceptors (Lipinski definition) is 3. The van der Waals surface area contributed by atoms with Crippen molar-refractivity contribution < 1.29 is 0 Å². The molecule has 0 radical (unpaired) electrons. The topological polar surface area (TPSA) is 59.7 Å². The summed E-state index contributed by atoms with van der Waals surface area (Å²) in [4.78, 5) is 0. The molecule has 0 fully saturated rings. The summed E-state index contributed by atoms with van der Waals surface area (Å²) in [7, 11) is 0. The van der Waals surface area contributed by atoms with E-state index in [0.717, 1.165) is 27.1 Å². The summed E-state index contributed by atoms with van der Waals surface area (Å²) in [6.45, 7) is 7.26. The third-order valence-electron chi connectivity index (χ3n) is 5.37. The molecule has 2 N–H and O–H groups in total. The summed E-state index contributed by atoms with van der Waals surface area (Å²) in [5, 5.41) is 17.3. The molecule has 4 aromatic rings. The first-order valence-electron chi connectivity index (χ1n) is 10.5. The van der Waals surface area contributed by atoms with Crippen LogP contribution in [0.5, 0.6) is 0 Å². The Morgan fingerprint density at radius 2 is 1.74 bits per heavy atom. The summed E-state index contributed by atoms with van der Waals surface area (Å²) >= 11 is 21.4. The lowest BCUT2D eigenvalue weighted by molar-refractivity contribution is 0.659. The number of aromatic nitrogens is 4. The Labute approximate surface area is 222 Å². The van der Waals surface area contributed by atoms with Crippen molar-refractivity contribution in [2.24, 2.45) is 0 Å². The highest BCUT2D eigenvalue weighted by Crippen LogP contribution is 2.26. The lowest BCUT2D eigenvalue weighted by Gasteiger charge is -2.10. The van der Waals surface area contributed by atoms with E-state index in [1.165, 1.54) is 11.1 Å². The molecule has 10 heteroatoms. The molecule has 6 nitrogen and oxygen atoms in total. The molecule has 2 aromatic heterocycles. The minimum atomic E-state index is 0.427. The van der Waals surface area contributed by atoms with Crippen molar-refractivity contribution >= 4 is 68.0 Å². The van der Waals surface area contributed by atoms with Gasteiger partial charge in [-0.3, -0.25) is 9.36 Å². The van der Waals surface area contributed by atoms with Crippen LogP contribution in [0.3, 0.4) is 0 Å². The lowest BCUT2D eigenvalue weighted by atomic mass is 10.1. The first-order chi connectivity index (χ1) is 16.2. The van der Waals surface area contributed by atoms with Gasteiger partial charge in [0, 0.05) is 16.2 Å². The van der Waals surface area contributed by atoms with Crippen LogP contribution >= 0.6 is 51.3 Å². The SMILES string of the molecule is Cc1ccc(Cn2nc(C)c(NC(=S)Nc3nn(Cc4ccc(Cl)cc4Cl)cc3Br)c2C)cc1. The number of benzene rings is 2. The minimum absolute atomic E-state index is 0.427. The van der Waals surface area contributed by atoms with E-state index < -0.39 is 0 Å². The first kappa shape index (κ1) is 24.7. The van der Waals surface area contributed by atoms with Gasteiger partial charge < -0.3 is 10.6 Å². The molecule has 34 heavy (non-hydrogen) atoms. The van der Waals surface area contributed by atoms with Crippen molar-refractivity contribution in [3.05, 3.63) is 91.3 Å². The molecule has 2 aromatic carbocycles. The van der Waals surface area contributed by atoms with Crippen molar-refractivity contribution in [2.75, 3.05) is 10.6 Å². The number of nitrogens with one attached hydrogen (secondary N) is 2. The molecule has 0 atom stereocenters. The van der Waals surface area contributed by atoms with E-state index in [-0.39, 0.29) is 0 Å². The van der Waals surface area contributed by atoms with Gasteiger partial charge in [0.2, 0.25) is 0 Å². The van der Waals surface area contributed by atoms with Crippen LogP contribution in [0.4, 0.5) is 11.5 Å². The van der Waals surface area contributed by atoms with Crippen LogP contribution < -0.4 is 10.6 Å². The molecule has 4 rings (SSSR count). The van der Waals surface area contributed by atoms with Crippen LogP contribution in [-0.4, -0.2) is 24.7 Å². The molecule has 0 aliphatic rings. The van der Waals surface area contributed by atoms with Gasteiger partial charge in [0.25, 0.3) is 0 Å². The largest absolute Gasteiger partial charge is 0.329 e. The standard InChI is InChI=1S/C24H23BrCl2N6S/c1-14-4-6-17(7-5-14)11-33-16(3)22(15(2)30-33)28-24(34)29-23-20(25)13-32(31-23)12-18-8-9-19(26)10-21(18)27/h4-10,13H,11-12H2,1-3H3,(H2,28,29,31,34). The molecule has 0 spiro atoms. The lowest BCUT2D eigenvalue weighted by Crippen LogP contribution is -2.20. The molecular formula is C24H23BrCl2N6S. The Hall–Kier alpha value is -2.39. The maximum absolute atomic E-state index is 6.30. The van der Waals surface area contributed by atoms with Gasteiger partial charge in [0.1, 0.15) is 0 Å². The third kappa shape index (κ3) is 5.81. The summed E-state index contributed by atoms with van der Waals surface area (Å²) in [6.07, 6.45) is 1.87. The highest BCUT2D eigenvalue weighted by molar-refractivity contribution is 9.10. The van der Waals surface area contributed by atoms with Gasteiger partial charge in [-0.1, -0.05) is 59.1 Å². The van der Waals surface area contributed by atoms with Gasteiger partial charge >= 0.3 is 0 Å². The normalized spacial score (nSPS) is 11.0. The summed E-state index contributed by atoms with van der Waals surface area (Å²) in [6, 6.07) is 13.9. The number of hydrogen-bond donors (Lipinski definition) is 2. The minimum Gasteiger partial charge on any atom is -0.329 e. The van der Waals surface area contributed by atoms with Crippen molar-refractivity contribution in [3.8, 4) is 0 Å².